The Bertz CT molecular complexity index is 1310. The lowest BCUT2D eigenvalue weighted by molar-refractivity contribution is -0.137. The number of benzene rings is 3. The van der Waals surface area contributed by atoms with Crippen LogP contribution in [0.4, 0.5) is 0 Å². The van der Waals surface area contributed by atoms with E-state index in [4.69, 9.17) is 18.9 Å². The standard InChI is InChI=1S/C32H30O6/c1-4-6-20-35-28-15-10-25(11-16-28)8-9-26-12-19-30(24(3)23-26)38-32(34)27-13-17-29(18-14-27)36-21-7-22-37-31(33)5-2/h4-5,10-19,23H,1-2,6-7,20-22H2,3H3. The number of aryl methyl sites for hydroxylation is 1. The van der Waals surface area contributed by atoms with Gasteiger partial charge in [0.25, 0.3) is 0 Å². The van der Waals surface area contributed by atoms with E-state index in [9.17, 15) is 9.59 Å². The Morgan fingerprint density at radius 1 is 0.816 bits per heavy atom. The summed E-state index contributed by atoms with van der Waals surface area (Å²) in [5, 5.41) is 0. The Morgan fingerprint density at radius 2 is 1.45 bits per heavy atom. The zero-order chi connectivity index (χ0) is 27.2. The predicted octanol–water partition coefficient (Wildman–Crippen LogP) is 6.07. The summed E-state index contributed by atoms with van der Waals surface area (Å²) < 4.78 is 21.7. The minimum atomic E-state index is -0.467. The lowest BCUT2D eigenvalue weighted by atomic mass is 10.1. The van der Waals surface area contributed by atoms with E-state index in [1.807, 2.05) is 49.4 Å². The van der Waals surface area contributed by atoms with Gasteiger partial charge in [-0.15, -0.1) is 6.58 Å². The molecule has 0 atom stereocenters. The van der Waals surface area contributed by atoms with Crippen molar-refractivity contribution in [2.75, 3.05) is 19.8 Å². The second-order valence-electron chi connectivity index (χ2n) is 8.17. The molecule has 0 saturated carbocycles. The van der Waals surface area contributed by atoms with E-state index in [1.54, 1.807) is 30.3 Å². The van der Waals surface area contributed by atoms with Crippen LogP contribution in [0.25, 0.3) is 0 Å². The highest BCUT2D eigenvalue weighted by molar-refractivity contribution is 5.91. The first-order chi connectivity index (χ1) is 18.5. The Balaban J connectivity index is 1.51. The highest BCUT2D eigenvalue weighted by atomic mass is 16.5. The molecule has 0 aliphatic rings. The molecule has 0 aliphatic carbocycles. The van der Waals surface area contributed by atoms with Crippen LogP contribution >= 0.6 is 0 Å². The largest absolute Gasteiger partial charge is 0.493 e. The van der Waals surface area contributed by atoms with Gasteiger partial charge in [-0.3, -0.25) is 0 Å². The minimum absolute atomic E-state index is 0.248. The zero-order valence-corrected chi connectivity index (χ0v) is 21.4. The molecule has 0 radical (unpaired) electrons. The zero-order valence-electron chi connectivity index (χ0n) is 21.4. The fraction of sp³-hybridized carbons (Fsp3) is 0.188. The van der Waals surface area contributed by atoms with Crippen molar-refractivity contribution in [2.24, 2.45) is 0 Å². The molecule has 0 heterocycles. The molecule has 0 saturated heterocycles. The monoisotopic (exact) mass is 510 g/mol. The van der Waals surface area contributed by atoms with E-state index < -0.39 is 11.9 Å². The predicted molar refractivity (Wildman–Crippen MR) is 147 cm³/mol. The van der Waals surface area contributed by atoms with Crippen molar-refractivity contribution in [3.05, 3.63) is 114 Å². The van der Waals surface area contributed by atoms with Crippen molar-refractivity contribution in [1.29, 1.82) is 0 Å². The summed E-state index contributed by atoms with van der Waals surface area (Å²) in [6.45, 7) is 10.1. The first kappa shape index (κ1) is 27.8. The van der Waals surface area contributed by atoms with Gasteiger partial charge in [0, 0.05) is 23.6 Å². The number of esters is 2. The summed E-state index contributed by atoms with van der Waals surface area (Å²) >= 11 is 0. The van der Waals surface area contributed by atoms with Gasteiger partial charge in [-0.05, 0) is 85.6 Å². The number of ether oxygens (including phenoxy) is 4. The molecule has 6 heteroatoms. The van der Waals surface area contributed by atoms with Gasteiger partial charge in [-0.25, -0.2) is 9.59 Å². The van der Waals surface area contributed by atoms with E-state index in [0.717, 1.165) is 34.9 Å². The quantitative estimate of drug-likeness (QED) is 0.0736. The molecule has 3 aromatic rings. The molecule has 0 fully saturated rings. The van der Waals surface area contributed by atoms with Crippen LogP contribution in [0.2, 0.25) is 0 Å². The Kier molecular flexibility index (Phi) is 10.8. The second-order valence-corrected chi connectivity index (χ2v) is 8.17. The molecule has 38 heavy (non-hydrogen) atoms. The average Bonchev–Trinajstić information content (AvgIpc) is 2.94. The highest BCUT2D eigenvalue weighted by Crippen LogP contribution is 2.21. The third-order valence-electron chi connectivity index (χ3n) is 5.23. The van der Waals surface area contributed by atoms with Crippen LogP contribution in [0, 0.1) is 18.8 Å². The maximum atomic E-state index is 12.6. The maximum Gasteiger partial charge on any atom is 0.343 e. The van der Waals surface area contributed by atoms with Crippen LogP contribution < -0.4 is 14.2 Å². The number of rotatable bonds is 12. The van der Waals surface area contributed by atoms with Crippen molar-refractivity contribution in [3.8, 4) is 29.1 Å². The van der Waals surface area contributed by atoms with Crippen LogP contribution in [0.5, 0.6) is 17.2 Å². The Hall–Kier alpha value is -4.76. The number of carbonyl (C=O) groups is 2. The second kappa shape index (κ2) is 14.7. The summed E-state index contributed by atoms with van der Waals surface area (Å²) in [6.07, 6.45) is 4.28. The third-order valence-corrected chi connectivity index (χ3v) is 5.23. The molecular weight excluding hydrogens is 480 g/mol. The van der Waals surface area contributed by atoms with E-state index in [1.165, 1.54) is 0 Å². The number of hydrogen-bond donors (Lipinski definition) is 0. The normalized spacial score (nSPS) is 9.92. The van der Waals surface area contributed by atoms with Gasteiger partial charge in [-0.1, -0.05) is 24.5 Å². The molecule has 6 nitrogen and oxygen atoms in total. The molecule has 0 unspecified atom stereocenters. The van der Waals surface area contributed by atoms with Gasteiger partial charge >= 0.3 is 11.9 Å². The van der Waals surface area contributed by atoms with Gasteiger partial charge in [0.1, 0.15) is 17.2 Å². The average molecular weight is 511 g/mol. The Morgan fingerprint density at radius 3 is 2.11 bits per heavy atom. The van der Waals surface area contributed by atoms with Gasteiger partial charge in [-0.2, -0.15) is 0 Å². The van der Waals surface area contributed by atoms with E-state index in [-0.39, 0.29) is 6.61 Å². The fourth-order valence-electron chi connectivity index (χ4n) is 3.21. The van der Waals surface area contributed by atoms with Gasteiger partial charge < -0.3 is 18.9 Å². The molecule has 0 aliphatic heterocycles. The van der Waals surface area contributed by atoms with Crippen molar-refractivity contribution >= 4 is 11.9 Å². The molecule has 0 spiro atoms. The van der Waals surface area contributed by atoms with Crippen molar-refractivity contribution in [3.63, 3.8) is 0 Å². The van der Waals surface area contributed by atoms with Crippen LogP contribution in [0.15, 0.2) is 92.0 Å². The van der Waals surface area contributed by atoms with Crippen molar-refractivity contribution in [1.82, 2.24) is 0 Å². The molecule has 3 rings (SSSR count). The third kappa shape index (κ3) is 9.03. The smallest absolute Gasteiger partial charge is 0.343 e. The van der Waals surface area contributed by atoms with Crippen LogP contribution in [0.3, 0.4) is 0 Å². The minimum Gasteiger partial charge on any atom is -0.493 e. The molecular formula is C32H30O6. The van der Waals surface area contributed by atoms with Gasteiger partial charge in [0.05, 0.1) is 25.4 Å². The topological polar surface area (TPSA) is 71.1 Å². The van der Waals surface area contributed by atoms with Crippen LogP contribution in [0.1, 0.15) is 39.9 Å². The molecule has 0 N–H and O–H groups in total. The first-order valence-electron chi connectivity index (χ1n) is 12.2. The van der Waals surface area contributed by atoms with E-state index in [2.05, 4.69) is 25.0 Å². The van der Waals surface area contributed by atoms with Crippen LogP contribution in [-0.2, 0) is 9.53 Å². The molecule has 194 valence electrons. The lowest BCUT2D eigenvalue weighted by Crippen LogP contribution is -2.09. The summed E-state index contributed by atoms with van der Waals surface area (Å²) in [5.74, 6) is 7.21. The summed E-state index contributed by atoms with van der Waals surface area (Å²) in [7, 11) is 0. The number of carbonyl (C=O) groups excluding carboxylic acids is 2. The molecule has 0 aromatic heterocycles. The van der Waals surface area contributed by atoms with Gasteiger partial charge in [0.2, 0.25) is 0 Å². The number of hydrogen-bond acceptors (Lipinski definition) is 6. The Labute approximate surface area is 223 Å². The molecule has 0 bridgehead atoms. The first-order valence-corrected chi connectivity index (χ1v) is 12.2. The summed E-state index contributed by atoms with van der Waals surface area (Å²) in [4.78, 5) is 23.6. The summed E-state index contributed by atoms with van der Waals surface area (Å²) in [6, 6.07) is 19.7. The molecule has 0 amide bonds. The van der Waals surface area contributed by atoms with Crippen LogP contribution in [-0.4, -0.2) is 31.8 Å². The maximum absolute atomic E-state index is 12.6. The molecule has 3 aromatic carbocycles. The van der Waals surface area contributed by atoms with Gasteiger partial charge in [0.15, 0.2) is 0 Å². The fourth-order valence-corrected chi connectivity index (χ4v) is 3.21. The van der Waals surface area contributed by atoms with E-state index >= 15 is 0 Å². The SMILES string of the molecule is C=CCCOc1ccc(C#Cc2ccc(OC(=O)c3ccc(OCCCOC(=O)C=C)cc3)c(C)c2)cc1. The van der Waals surface area contributed by atoms with Crippen molar-refractivity contribution < 1.29 is 28.5 Å². The highest BCUT2D eigenvalue weighted by Gasteiger charge is 2.11. The van der Waals surface area contributed by atoms with Crippen molar-refractivity contribution in [2.45, 2.75) is 19.8 Å². The van der Waals surface area contributed by atoms with E-state index in [0.29, 0.717) is 36.7 Å². The summed E-state index contributed by atoms with van der Waals surface area (Å²) in [5.41, 5.74) is 2.89. The lowest BCUT2D eigenvalue weighted by Gasteiger charge is -2.09.